The van der Waals surface area contributed by atoms with Crippen molar-refractivity contribution >= 4 is 11.6 Å². The molecule has 0 saturated carbocycles. The maximum atomic E-state index is 13.5. The van der Waals surface area contributed by atoms with Crippen molar-refractivity contribution in [2.24, 2.45) is 11.8 Å². The first-order chi connectivity index (χ1) is 15.6. The molecule has 5 rings (SSSR count). The first-order valence-electron chi connectivity index (χ1n) is 11.6. The number of anilines is 1. The minimum Gasteiger partial charge on any atom is -0.497 e. The van der Waals surface area contributed by atoms with Crippen molar-refractivity contribution in [2.45, 2.75) is 31.3 Å². The van der Waals surface area contributed by atoms with Gasteiger partial charge in [-0.1, -0.05) is 18.2 Å². The molecule has 3 aliphatic heterocycles. The van der Waals surface area contributed by atoms with Crippen LogP contribution in [0, 0.1) is 11.8 Å². The van der Waals surface area contributed by atoms with Gasteiger partial charge in [-0.25, -0.2) is 0 Å². The van der Waals surface area contributed by atoms with Gasteiger partial charge in [0.1, 0.15) is 5.75 Å². The number of hydrogen-bond donors (Lipinski definition) is 1. The average Bonchev–Trinajstić information content (AvgIpc) is 3.29. The fourth-order valence-electron chi connectivity index (χ4n) is 5.84. The lowest BCUT2D eigenvalue weighted by Crippen LogP contribution is -2.49. The third kappa shape index (κ3) is 3.55. The van der Waals surface area contributed by atoms with Crippen LogP contribution < -0.4 is 9.64 Å². The Kier molecular flexibility index (Phi) is 5.82. The van der Waals surface area contributed by atoms with Crippen LogP contribution >= 0.6 is 0 Å². The summed E-state index contributed by atoms with van der Waals surface area (Å²) in [4.78, 5) is 17.9. The third-order valence-electron chi connectivity index (χ3n) is 7.63. The molecule has 32 heavy (non-hydrogen) atoms. The van der Waals surface area contributed by atoms with E-state index in [4.69, 9.17) is 9.47 Å². The number of likely N-dealkylation sites (tertiary alicyclic amines) is 1. The van der Waals surface area contributed by atoms with Gasteiger partial charge in [0.05, 0.1) is 25.8 Å². The summed E-state index contributed by atoms with van der Waals surface area (Å²) >= 11 is 0. The number of nitrogens with zero attached hydrogens (tertiary/aromatic N) is 2. The summed E-state index contributed by atoms with van der Waals surface area (Å²) in [6.07, 6.45) is 2.52. The first-order valence-corrected chi connectivity index (χ1v) is 11.6. The van der Waals surface area contributed by atoms with Gasteiger partial charge in [0.2, 0.25) is 5.91 Å². The smallest absolute Gasteiger partial charge is 0.226 e. The number of likely N-dealkylation sites (N-methyl/N-ethyl adjacent to an activating group) is 1. The molecule has 0 spiro atoms. The fourth-order valence-corrected chi connectivity index (χ4v) is 5.84. The van der Waals surface area contributed by atoms with Gasteiger partial charge in [-0.05, 0) is 60.2 Å². The summed E-state index contributed by atoms with van der Waals surface area (Å²) in [5, 5.41) is 10.2. The van der Waals surface area contributed by atoms with Crippen molar-refractivity contribution in [1.29, 1.82) is 0 Å². The SMILES string of the molecule is COc1ccc(-c2ccc3c(c2)[C@H]2[C@H](CCN2C(=O)C2CCOCC2)[C@H](CO)N3C)cc1. The maximum absolute atomic E-state index is 13.5. The molecule has 3 heterocycles. The number of rotatable bonds is 4. The van der Waals surface area contributed by atoms with Gasteiger partial charge in [0.15, 0.2) is 0 Å². The van der Waals surface area contributed by atoms with Crippen LogP contribution in [0.15, 0.2) is 42.5 Å². The quantitative estimate of drug-likeness (QED) is 0.795. The third-order valence-corrected chi connectivity index (χ3v) is 7.63. The predicted molar refractivity (Wildman–Crippen MR) is 124 cm³/mol. The van der Waals surface area contributed by atoms with E-state index < -0.39 is 0 Å². The average molecular weight is 437 g/mol. The number of methoxy groups -OCH3 is 1. The van der Waals surface area contributed by atoms with Gasteiger partial charge in [-0.2, -0.15) is 0 Å². The second-order valence-corrected chi connectivity index (χ2v) is 9.18. The number of benzene rings is 2. The molecule has 0 aliphatic carbocycles. The monoisotopic (exact) mass is 436 g/mol. The maximum Gasteiger partial charge on any atom is 0.226 e. The van der Waals surface area contributed by atoms with Gasteiger partial charge >= 0.3 is 0 Å². The molecule has 2 fully saturated rings. The van der Waals surface area contributed by atoms with Crippen LogP contribution in [0.4, 0.5) is 5.69 Å². The van der Waals surface area contributed by atoms with Crippen molar-refractivity contribution in [2.75, 3.05) is 45.4 Å². The highest BCUT2D eigenvalue weighted by molar-refractivity contribution is 5.81. The molecule has 0 unspecified atom stereocenters. The number of aliphatic hydroxyl groups excluding tert-OH is 1. The Morgan fingerprint density at radius 3 is 2.50 bits per heavy atom. The highest BCUT2D eigenvalue weighted by Crippen LogP contribution is 2.50. The van der Waals surface area contributed by atoms with E-state index in [0.29, 0.717) is 13.2 Å². The molecule has 2 aromatic rings. The summed E-state index contributed by atoms with van der Waals surface area (Å²) in [7, 11) is 3.73. The summed E-state index contributed by atoms with van der Waals surface area (Å²) in [5.74, 6) is 1.36. The topological polar surface area (TPSA) is 62.2 Å². The minimum absolute atomic E-state index is 0.00638. The molecule has 1 amide bonds. The second kappa shape index (κ2) is 8.75. The van der Waals surface area contributed by atoms with Gasteiger partial charge in [-0.3, -0.25) is 4.79 Å². The van der Waals surface area contributed by atoms with Crippen molar-refractivity contribution in [1.82, 2.24) is 4.90 Å². The Balaban J connectivity index is 1.54. The van der Waals surface area contributed by atoms with E-state index in [1.165, 1.54) is 5.56 Å². The molecule has 170 valence electrons. The molecule has 0 bridgehead atoms. The zero-order chi connectivity index (χ0) is 22.2. The lowest BCUT2D eigenvalue weighted by Gasteiger charge is -2.45. The van der Waals surface area contributed by atoms with Gasteiger partial charge < -0.3 is 24.4 Å². The first kappa shape index (κ1) is 21.3. The molecule has 0 aromatic heterocycles. The van der Waals surface area contributed by atoms with Gasteiger partial charge in [-0.15, -0.1) is 0 Å². The molecule has 0 radical (unpaired) electrons. The highest BCUT2D eigenvalue weighted by Gasteiger charge is 2.48. The molecule has 2 aromatic carbocycles. The van der Waals surface area contributed by atoms with E-state index in [9.17, 15) is 9.90 Å². The number of carbonyl (C=O) groups is 1. The van der Waals surface area contributed by atoms with E-state index in [-0.39, 0.29) is 36.4 Å². The van der Waals surface area contributed by atoms with Crippen LogP contribution in [0.2, 0.25) is 0 Å². The molecule has 2 saturated heterocycles. The lowest BCUT2D eigenvalue weighted by molar-refractivity contribution is -0.140. The zero-order valence-corrected chi connectivity index (χ0v) is 18.9. The number of aliphatic hydroxyl groups is 1. The van der Waals surface area contributed by atoms with Crippen LogP contribution in [0.5, 0.6) is 5.75 Å². The standard InChI is InChI=1S/C26H32N2O4/c1-27-23-8-5-19(17-3-6-20(31-2)7-4-17)15-22(23)25-21(24(27)16-29)9-12-28(25)26(30)18-10-13-32-14-11-18/h3-8,15,18,21,24-25,29H,9-14,16H2,1-2H3/t21-,24+,25-/m1/s1. The largest absolute Gasteiger partial charge is 0.497 e. The Morgan fingerprint density at radius 1 is 1.09 bits per heavy atom. The number of fused-ring (bicyclic) bond motifs is 3. The Bertz CT molecular complexity index is 970. The molecule has 3 atom stereocenters. The minimum atomic E-state index is 0.00638. The van der Waals surface area contributed by atoms with Crippen LogP contribution in [0.25, 0.3) is 11.1 Å². The van der Waals surface area contributed by atoms with E-state index in [0.717, 1.165) is 48.4 Å². The molecular weight excluding hydrogens is 404 g/mol. The van der Waals surface area contributed by atoms with Crippen LogP contribution in [-0.2, 0) is 9.53 Å². The van der Waals surface area contributed by atoms with Crippen LogP contribution in [0.1, 0.15) is 30.9 Å². The Hall–Kier alpha value is -2.57. The summed E-state index contributed by atoms with van der Waals surface area (Å²) in [6.45, 7) is 2.18. The van der Waals surface area contributed by atoms with E-state index in [2.05, 4.69) is 47.2 Å². The zero-order valence-electron chi connectivity index (χ0n) is 18.9. The normalized spacial score (nSPS) is 25.4. The van der Waals surface area contributed by atoms with Gasteiger partial charge in [0, 0.05) is 44.3 Å². The second-order valence-electron chi connectivity index (χ2n) is 9.18. The van der Waals surface area contributed by atoms with Crippen LogP contribution in [0.3, 0.4) is 0 Å². The van der Waals surface area contributed by atoms with Gasteiger partial charge in [0.25, 0.3) is 0 Å². The summed E-state index contributed by atoms with van der Waals surface area (Å²) < 4.78 is 10.8. The van der Waals surface area contributed by atoms with Crippen molar-refractivity contribution < 1.29 is 19.4 Å². The van der Waals surface area contributed by atoms with Crippen LogP contribution in [-0.4, -0.2) is 62.5 Å². The number of ether oxygens (including phenoxy) is 2. The van der Waals surface area contributed by atoms with Crippen molar-refractivity contribution in [3.05, 3.63) is 48.0 Å². The molecule has 6 heteroatoms. The highest BCUT2D eigenvalue weighted by atomic mass is 16.5. The number of hydrogen-bond acceptors (Lipinski definition) is 5. The fraction of sp³-hybridized carbons (Fsp3) is 0.500. The molecule has 1 N–H and O–H groups in total. The van der Waals surface area contributed by atoms with E-state index in [1.807, 2.05) is 12.1 Å². The Labute approximate surface area is 189 Å². The molecular formula is C26H32N2O4. The van der Waals surface area contributed by atoms with Crippen molar-refractivity contribution in [3.63, 3.8) is 0 Å². The number of carbonyl (C=O) groups excluding carboxylic acids is 1. The summed E-state index contributed by atoms with van der Waals surface area (Å²) in [5.41, 5.74) is 4.55. The number of amides is 1. The molecule has 6 nitrogen and oxygen atoms in total. The Morgan fingerprint density at radius 2 is 1.81 bits per heavy atom. The van der Waals surface area contributed by atoms with Crippen molar-refractivity contribution in [3.8, 4) is 16.9 Å². The summed E-state index contributed by atoms with van der Waals surface area (Å²) in [6, 6.07) is 14.6. The lowest BCUT2D eigenvalue weighted by atomic mass is 9.80. The van der Waals surface area contributed by atoms with E-state index >= 15 is 0 Å². The van der Waals surface area contributed by atoms with E-state index in [1.54, 1.807) is 7.11 Å². The molecule has 3 aliphatic rings. The predicted octanol–water partition coefficient (Wildman–Crippen LogP) is 3.49.